The number of benzene rings is 2. The van der Waals surface area contributed by atoms with Crippen LogP contribution in [0.25, 0.3) is 10.6 Å². The Morgan fingerprint density at radius 1 is 1.10 bits per heavy atom. The molecule has 2 aromatic carbocycles. The molecule has 0 unspecified atom stereocenters. The topological polar surface area (TPSA) is 68.7 Å². The average molecular weight is 414 g/mol. The number of ether oxygens (including phenoxy) is 2. The van der Waals surface area contributed by atoms with Crippen LogP contribution in [-0.2, 0) is 9.53 Å². The van der Waals surface area contributed by atoms with Gasteiger partial charge >= 0.3 is 5.97 Å². The third-order valence-corrected chi connectivity index (χ3v) is 5.02. The molecule has 0 aliphatic rings. The second-order valence-electron chi connectivity index (χ2n) is 5.96. The molecule has 0 aliphatic heterocycles. The number of nitrogens with zero attached hydrogens (tertiary/aromatic N) is 2. The van der Waals surface area contributed by atoms with Gasteiger partial charge < -0.3 is 14.4 Å². The van der Waals surface area contributed by atoms with Gasteiger partial charge in [0.25, 0.3) is 5.91 Å². The summed E-state index contributed by atoms with van der Waals surface area (Å²) in [5, 5.41) is 2.25. The normalized spacial score (nSPS) is 10.4. The first-order valence-corrected chi connectivity index (χ1v) is 9.72. The number of carbonyl (C=O) groups excluding carboxylic acids is 2. The van der Waals surface area contributed by atoms with Gasteiger partial charge in [0.1, 0.15) is 16.6 Å². The van der Waals surface area contributed by atoms with Gasteiger partial charge in [0.2, 0.25) is 0 Å². The second-order valence-corrected chi connectivity index (χ2v) is 6.82. The van der Waals surface area contributed by atoms with E-state index in [0.717, 1.165) is 11.3 Å². The molecule has 3 aromatic rings. The molecule has 0 bridgehead atoms. The van der Waals surface area contributed by atoms with Crippen LogP contribution in [0.15, 0.2) is 53.9 Å². The van der Waals surface area contributed by atoms with Gasteiger partial charge in [0.05, 0.1) is 7.11 Å². The number of likely N-dealkylation sites (N-methyl/N-ethyl adjacent to an activating group) is 1. The van der Waals surface area contributed by atoms with Crippen molar-refractivity contribution in [2.45, 2.75) is 6.92 Å². The number of aromatic nitrogens is 1. The largest absolute Gasteiger partial charge is 0.497 e. The number of hydrogen-bond donors (Lipinski definition) is 0. The minimum Gasteiger partial charge on any atom is -0.497 e. The summed E-state index contributed by atoms with van der Waals surface area (Å²) in [4.78, 5) is 30.4. The summed E-state index contributed by atoms with van der Waals surface area (Å²) in [5.41, 5.74) is 1.52. The Kier molecular flexibility index (Phi) is 6.56. The monoisotopic (exact) mass is 414 g/mol. The van der Waals surface area contributed by atoms with Gasteiger partial charge in [-0.1, -0.05) is 0 Å². The van der Waals surface area contributed by atoms with Gasteiger partial charge in [-0.15, -0.1) is 11.3 Å². The summed E-state index contributed by atoms with van der Waals surface area (Å²) < 4.78 is 23.3. The van der Waals surface area contributed by atoms with E-state index in [4.69, 9.17) is 9.47 Å². The molecule has 1 amide bonds. The van der Waals surface area contributed by atoms with Crippen LogP contribution in [0.3, 0.4) is 0 Å². The smallest absolute Gasteiger partial charge is 0.358 e. The van der Waals surface area contributed by atoms with Crippen LogP contribution >= 0.6 is 11.3 Å². The van der Waals surface area contributed by atoms with Gasteiger partial charge in [-0.25, -0.2) is 14.2 Å². The number of hydrogen-bond acceptors (Lipinski definition) is 6. The molecule has 150 valence electrons. The van der Waals surface area contributed by atoms with Gasteiger partial charge in [-0.3, -0.25) is 4.79 Å². The minimum absolute atomic E-state index is 0.137. The lowest BCUT2D eigenvalue weighted by atomic mass is 10.2. The molecule has 0 fully saturated rings. The summed E-state index contributed by atoms with van der Waals surface area (Å²) in [6.45, 7) is 1.71. The van der Waals surface area contributed by atoms with E-state index in [1.54, 1.807) is 19.4 Å². The zero-order valence-corrected chi connectivity index (χ0v) is 16.7. The Bertz CT molecular complexity index is 987. The van der Waals surface area contributed by atoms with Crippen LogP contribution in [0.5, 0.6) is 5.75 Å². The van der Waals surface area contributed by atoms with Crippen molar-refractivity contribution in [2.75, 3.05) is 25.2 Å². The first-order chi connectivity index (χ1) is 14.0. The summed E-state index contributed by atoms with van der Waals surface area (Å²) >= 11 is 1.30. The lowest BCUT2D eigenvalue weighted by molar-refractivity contribution is -0.121. The molecular formula is C21H19FN2O4S. The van der Waals surface area contributed by atoms with E-state index in [9.17, 15) is 14.0 Å². The van der Waals surface area contributed by atoms with E-state index < -0.39 is 18.5 Å². The van der Waals surface area contributed by atoms with Crippen LogP contribution in [0, 0.1) is 5.82 Å². The number of thiazole rings is 1. The number of rotatable bonds is 7. The van der Waals surface area contributed by atoms with E-state index in [1.807, 2.05) is 24.3 Å². The highest BCUT2D eigenvalue weighted by molar-refractivity contribution is 7.13. The Morgan fingerprint density at radius 3 is 2.41 bits per heavy atom. The van der Waals surface area contributed by atoms with E-state index in [2.05, 4.69) is 4.98 Å². The predicted octanol–water partition coefficient (Wildman–Crippen LogP) is 4.17. The molecule has 1 heterocycles. The lowest BCUT2D eigenvalue weighted by Gasteiger charge is -2.20. The Morgan fingerprint density at radius 2 is 1.79 bits per heavy atom. The summed E-state index contributed by atoms with van der Waals surface area (Å²) in [5.74, 6) is -0.743. The Labute approximate surface area is 171 Å². The number of halogens is 1. The molecule has 29 heavy (non-hydrogen) atoms. The van der Waals surface area contributed by atoms with Crippen molar-refractivity contribution >= 4 is 28.9 Å². The summed E-state index contributed by atoms with van der Waals surface area (Å²) in [6.07, 6.45) is 0. The third kappa shape index (κ3) is 4.97. The Hall–Kier alpha value is -3.26. The molecule has 0 saturated carbocycles. The number of amides is 1. The SMILES string of the molecule is CCN(C(=O)COC(=O)c1csc(-c2ccc(OC)cc2)n1)c1ccc(F)cc1. The van der Waals surface area contributed by atoms with Gasteiger partial charge in [0, 0.05) is 23.2 Å². The molecule has 0 spiro atoms. The van der Waals surface area contributed by atoms with Crippen LogP contribution < -0.4 is 9.64 Å². The number of anilines is 1. The number of carbonyl (C=O) groups is 2. The fourth-order valence-corrected chi connectivity index (χ4v) is 3.43. The first kappa shape index (κ1) is 20.5. The molecule has 0 aliphatic carbocycles. The van der Waals surface area contributed by atoms with Crippen molar-refractivity contribution in [2.24, 2.45) is 0 Å². The van der Waals surface area contributed by atoms with E-state index in [1.165, 1.54) is 40.5 Å². The maximum absolute atomic E-state index is 13.1. The molecule has 3 rings (SSSR count). The molecule has 0 atom stereocenters. The van der Waals surface area contributed by atoms with Crippen molar-refractivity contribution in [3.05, 3.63) is 65.4 Å². The molecular weight excluding hydrogens is 395 g/mol. The highest BCUT2D eigenvalue weighted by atomic mass is 32.1. The molecule has 6 nitrogen and oxygen atoms in total. The number of methoxy groups -OCH3 is 1. The van der Waals surface area contributed by atoms with Gasteiger partial charge in [-0.2, -0.15) is 0 Å². The van der Waals surface area contributed by atoms with Crippen molar-refractivity contribution in [3.8, 4) is 16.3 Å². The van der Waals surface area contributed by atoms with Crippen molar-refractivity contribution in [1.29, 1.82) is 0 Å². The molecule has 0 saturated heterocycles. The van der Waals surface area contributed by atoms with E-state index >= 15 is 0 Å². The third-order valence-electron chi connectivity index (χ3n) is 4.13. The van der Waals surface area contributed by atoms with Crippen molar-refractivity contribution < 1.29 is 23.5 Å². The van der Waals surface area contributed by atoms with Crippen LogP contribution in [-0.4, -0.2) is 37.1 Å². The standard InChI is InChI=1S/C21H19FN2O4S/c1-3-24(16-8-6-15(22)7-9-16)19(25)12-28-21(26)18-13-29-20(23-18)14-4-10-17(27-2)11-5-14/h4-11,13H,3,12H2,1-2H3. The number of esters is 1. The molecule has 0 N–H and O–H groups in total. The molecule has 1 aromatic heterocycles. The zero-order valence-electron chi connectivity index (χ0n) is 15.9. The predicted molar refractivity (Wildman–Crippen MR) is 109 cm³/mol. The van der Waals surface area contributed by atoms with Crippen LogP contribution in [0.1, 0.15) is 17.4 Å². The van der Waals surface area contributed by atoms with Crippen molar-refractivity contribution in [1.82, 2.24) is 4.98 Å². The second kappa shape index (κ2) is 9.29. The molecule has 8 heteroatoms. The Balaban J connectivity index is 1.62. The fourth-order valence-electron chi connectivity index (χ4n) is 2.64. The maximum Gasteiger partial charge on any atom is 0.358 e. The fraction of sp³-hybridized carbons (Fsp3) is 0.190. The highest BCUT2D eigenvalue weighted by Gasteiger charge is 2.19. The quantitative estimate of drug-likeness (QED) is 0.543. The average Bonchev–Trinajstić information content (AvgIpc) is 3.24. The molecule has 0 radical (unpaired) electrons. The van der Waals surface area contributed by atoms with Crippen LogP contribution in [0.2, 0.25) is 0 Å². The lowest BCUT2D eigenvalue weighted by Crippen LogP contribution is -2.34. The van der Waals surface area contributed by atoms with Gasteiger partial charge in [-0.05, 0) is 55.5 Å². The minimum atomic E-state index is -0.676. The summed E-state index contributed by atoms with van der Waals surface area (Å²) in [7, 11) is 1.59. The van der Waals surface area contributed by atoms with Crippen molar-refractivity contribution in [3.63, 3.8) is 0 Å². The maximum atomic E-state index is 13.1. The summed E-state index contributed by atoms with van der Waals surface area (Å²) in [6, 6.07) is 12.8. The zero-order chi connectivity index (χ0) is 20.8. The van der Waals surface area contributed by atoms with E-state index in [-0.39, 0.29) is 11.5 Å². The van der Waals surface area contributed by atoms with Gasteiger partial charge in [0.15, 0.2) is 12.3 Å². The highest BCUT2D eigenvalue weighted by Crippen LogP contribution is 2.26. The first-order valence-electron chi connectivity index (χ1n) is 8.84. The van der Waals surface area contributed by atoms with E-state index in [0.29, 0.717) is 17.2 Å². The van der Waals surface area contributed by atoms with Crippen LogP contribution in [0.4, 0.5) is 10.1 Å².